The fraction of sp³-hybridized carbons (Fsp3) is 0.235. The van der Waals surface area contributed by atoms with Gasteiger partial charge in [0.1, 0.15) is 11.6 Å². The average molecular weight is 514 g/mol. The number of halogens is 2. The highest BCUT2D eigenvalue weighted by Crippen LogP contribution is 2.37. The smallest absolute Gasteiger partial charge is 0.271 e. The van der Waals surface area contributed by atoms with Crippen LogP contribution in [0.5, 0.6) is 5.88 Å². The highest BCUT2D eigenvalue weighted by Gasteiger charge is 2.18. The molecule has 0 fully saturated rings. The lowest BCUT2D eigenvalue weighted by Gasteiger charge is -2.13. The SMILES string of the molecule is COCCn1c(O)c(C=Nc2c(Br)cc([N+](=O)[O-])cc2Br)c(C)c(C#N)c1=O. The molecule has 1 N–H and O–H groups in total. The van der Waals surface area contributed by atoms with Gasteiger partial charge in [0.15, 0.2) is 0 Å². The highest BCUT2D eigenvalue weighted by molar-refractivity contribution is 9.11. The van der Waals surface area contributed by atoms with E-state index in [-0.39, 0.29) is 41.4 Å². The molecule has 0 amide bonds. The molecule has 0 bridgehead atoms. The number of non-ortho nitro benzene ring substituents is 1. The summed E-state index contributed by atoms with van der Waals surface area (Å²) in [6.07, 6.45) is 1.30. The molecule has 2 aromatic rings. The Morgan fingerprint density at radius 3 is 2.54 bits per heavy atom. The summed E-state index contributed by atoms with van der Waals surface area (Å²) < 4.78 is 6.69. The van der Waals surface area contributed by atoms with E-state index in [9.17, 15) is 25.3 Å². The summed E-state index contributed by atoms with van der Waals surface area (Å²) in [5, 5.41) is 30.8. The number of benzene rings is 1. The maximum atomic E-state index is 12.4. The van der Waals surface area contributed by atoms with E-state index in [0.29, 0.717) is 14.6 Å². The van der Waals surface area contributed by atoms with Crippen LogP contribution in [-0.2, 0) is 11.3 Å². The lowest BCUT2D eigenvalue weighted by atomic mass is 10.1. The Balaban J connectivity index is 2.62. The first kappa shape index (κ1) is 21.7. The van der Waals surface area contributed by atoms with Crippen LogP contribution >= 0.6 is 31.9 Å². The molecule has 1 aromatic carbocycles. The van der Waals surface area contributed by atoms with E-state index in [0.717, 1.165) is 4.57 Å². The third-order valence-electron chi connectivity index (χ3n) is 3.90. The lowest BCUT2D eigenvalue weighted by molar-refractivity contribution is -0.385. The molecule has 1 aromatic heterocycles. The number of aliphatic imine (C=N–C) groups is 1. The summed E-state index contributed by atoms with van der Waals surface area (Å²) in [6.45, 7) is 1.75. The molecular formula is C17H14Br2N4O5. The first-order valence-corrected chi connectivity index (χ1v) is 9.34. The van der Waals surface area contributed by atoms with Gasteiger partial charge >= 0.3 is 0 Å². The van der Waals surface area contributed by atoms with Crippen molar-refractivity contribution in [2.75, 3.05) is 13.7 Å². The van der Waals surface area contributed by atoms with E-state index in [1.54, 1.807) is 0 Å². The summed E-state index contributed by atoms with van der Waals surface area (Å²) >= 11 is 6.46. The second-order valence-electron chi connectivity index (χ2n) is 5.57. The number of ether oxygens (including phenoxy) is 1. The molecule has 28 heavy (non-hydrogen) atoms. The molecule has 0 saturated carbocycles. The van der Waals surface area contributed by atoms with Gasteiger partial charge in [0, 0.05) is 25.5 Å². The molecule has 0 radical (unpaired) electrons. The predicted molar refractivity (Wildman–Crippen MR) is 109 cm³/mol. The van der Waals surface area contributed by atoms with Crippen LogP contribution in [0, 0.1) is 28.4 Å². The van der Waals surface area contributed by atoms with Gasteiger partial charge in [0.25, 0.3) is 11.2 Å². The Labute approximate surface area is 176 Å². The van der Waals surface area contributed by atoms with Crippen molar-refractivity contribution in [1.29, 1.82) is 5.26 Å². The second kappa shape index (κ2) is 9.09. The lowest BCUT2D eigenvalue weighted by Crippen LogP contribution is -2.26. The Bertz CT molecular complexity index is 1050. The maximum absolute atomic E-state index is 12.4. The van der Waals surface area contributed by atoms with Crippen molar-refractivity contribution in [3.8, 4) is 11.9 Å². The van der Waals surface area contributed by atoms with Crippen molar-refractivity contribution in [3.63, 3.8) is 0 Å². The molecule has 0 saturated heterocycles. The monoisotopic (exact) mass is 512 g/mol. The zero-order valence-electron chi connectivity index (χ0n) is 14.8. The van der Waals surface area contributed by atoms with E-state index >= 15 is 0 Å². The van der Waals surface area contributed by atoms with Gasteiger partial charge in [-0.05, 0) is 44.3 Å². The molecule has 0 aliphatic heterocycles. The largest absolute Gasteiger partial charge is 0.494 e. The Hall–Kier alpha value is -2.55. The topological polar surface area (TPSA) is 131 Å². The molecule has 9 nitrogen and oxygen atoms in total. The van der Waals surface area contributed by atoms with Gasteiger partial charge in [-0.2, -0.15) is 5.26 Å². The van der Waals surface area contributed by atoms with Crippen LogP contribution in [0.15, 0.2) is 30.9 Å². The maximum Gasteiger partial charge on any atom is 0.271 e. The third-order valence-corrected chi connectivity index (χ3v) is 5.11. The van der Waals surface area contributed by atoms with Gasteiger partial charge in [-0.1, -0.05) is 0 Å². The number of aromatic nitrogens is 1. The van der Waals surface area contributed by atoms with Gasteiger partial charge in [0.2, 0.25) is 5.88 Å². The van der Waals surface area contributed by atoms with Crippen molar-refractivity contribution in [3.05, 3.63) is 58.2 Å². The van der Waals surface area contributed by atoms with Gasteiger partial charge in [-0.3, -0.25) is 24.5 Å². The van der Waals surface area contributed by atoms with Gasteiger partial charge in [0.05, 0.1) is 38.3 Å². The van der Waals surface area contributed by atoms with E-state index in [2.05, 4.69) is 36.9 Å². The Kier molecular flexibility index (Phi) is 7.06. The Morgan fingerprint density at radius 1 is 1.43 bits per heavy atom. The van der Waals surface area contributed by atoms with Crippen molar-refractivity contribution in [2.24, 2.45) is 4.99 Å². The van der Waals surface area contributed by atoms with Crippen LogP contribution in [-0.4, -0.2) is 34.5 Å². The minimum Gasteiger partial charge on any atom is -0.494 e. The van der Waals surface area contributed by atoms with Gasteiger partial charge < -0.3 is 9.84 Å². The van der Waals surface area contributed by atoms with Crippen LogP contribution in [0.25, 0.3) is 0 Å². The fourth-order valence-electron chi connectivity index (χ4n) is 2.43. The predicted octanol–water partition coefficient (Wildman–Crippen LogP) is 3.56. The third kappa shape index (κ3) is 4.30. The number of pyridine rings is 1. The molecule has 146 valence electrons. The minimum atomic E-state index is -0.621. The summed E-state index contributed by atoms with van der Waals surface area (Å²) in [7, 11) is 1.45. The van der Waals surface area contributed by atoms with E-state index in [1.165, 1.54) is 32.4 Å². The van der Waals surface area contributed by atoms with Gasteiger partial charge in [-0.25, -0.2) is 0 Å². The number of rotatable bonds is 6. The van der Waals surface area contributed by atoms with Crippen LogP contribution in [0.3, 0.4) is 0 Å². The number of nitriles is 1. The molecule has 0 aliphatic carbocycles. The first-order chi connectivity index (χ1) is 13.2. The number of methoxy groups -OCH3 is 1. The fourth-order valence-corrected chi connectivity index (χ4v) is 3.79. The minimum absolute atomic E-state index is 0.0574. The van der Waals surface area contributed by atoms with Crippen molar-refractivity contribution in [2.45, 2.75) is 13.5 Å². The quantitative estimate of drug-likeness (QED) is 0.357. The molecule has 0 spiro atoms. The number of nitrogens with zero attached hydrogens (tertiary/aromatic N) is 4. The number of hydrogen-bond acceptors (Lipinski definition) is 7. The number of nitro benzene ring substituents is 1. The number of hydrogen-bond donors (Lipinski definition) is 1. The van der Waals surface area contributed by atoms with E-state index in [1.807, 2.05) is 6.07 Å². The molecule has 11 heteroatoms. The molecular weight excluding hydrogens is 500 g/mol. The second-order valence-corrected chi connectivity index (χ2v) is 7.28. The normalized spacial score (nSPS) is 11.0. The summed E-state index contributed by atoms with van der Waals surface area (Å²) in [4.78, 5) is 27.0. The molecule has 2 rings (SSSR count). The number of nitro groups is 1. The van der Waals surface area contributed by atoms with Gasteiger partial charge in [-0.15, -0.1) is 0 Å². The van der Waals surface area contributed by atoms with E-state index < -0.39 is 10.5 Å². The highest BCUT2D eigenvalue weighted by atomic mass is 79.9. The average Bonchev–Trinajstić information content (AvgIpc) is 2.63. The molecule has 1 heterocycles. The number of aromatic hydroxyl groups is 1. The molecule has 0 atom stereocenters. The van der Waals surface area contributed by atoms with Crippen molar-refractivity contribution in [1.82, 2.24) is 4.57 Å². The zero-order chi connectivity index (χ0) is 21.0. The molecule has 0 unspecified atom stereocenters. The standard InChI is InChI=1S/C17H14Br2N4O5/c1-9-11(7-20)16(24)22(3-4-28-2)17(25)12(9)8-21-15-13(18)5-10(23(26)27)6-14(15)19/h5-6,8,25H,3-4H2,1-2H3. The van der Waals surface area contributed by atoms with Crippen LogP contribution in [0.2, 0.25) is 0 Å². The van der Waals surface area contributed by atoms with Crippen LogP contribution in [0.4, 0.5) is 11.4 Å². The summed E-state index contributed by atoms with van der Waals surface area (Å²) in [6, 6.07) is 4.44. The summed E-state index contributed by atoms with van der Waals surface area (Å²) in [5.41, 5.74) is -0.0586. The van der Waals surface area contributed by atoms with Crippen LogP contribution < -0.4 is 5.56 Å². The van der Waals surface area contributed by atoms with E-state index in [4.69, 9.17) is 4.74 Å². The van der Waals surface area contributed by atoms with Crippen molar-refractivity contribution < 1.29 is 14.8 Å². The zero-order valence-corrected chi connectivity index (χ0v) is 17.9. The van der Waals surface area contributed by atoms with Crippen LogP contribution in [0.1, 0.15) is 16.7 Å². The first-order valence-electron chi connectivity index (χ1n) is 7.75. The molecule has 0 aliphatic rings. The Morgan fingerprint density at radius 2 is 2.04 bits per heavy atom. The summed E-state index contributed by atoms with van der Waals surface area (Å²) in [5.74, 6) is -0.351. The van der Waals surface area contributed by atoms with Crippen molar-refractivity contribution >= 4 is 49.4 Å².